The molecule has 0 radical (unpaired) electrons. The van der Waals surface area contributed by atoms with Crippen LogP contribution in [0.25, 0.3) is 11.4 Å². The molecule has 0 bridgehead atoms. The Bertz CT molecular complexity index is 758. The fourth-order valence-corrected chi connectivity index (χ4v) is 2.64. The van der Waals surface area contributed by atoms with Gasteiger partial charge in [0.1, 0.15) is 5.82 Å². The molecule has 1 aromatic heterocycles. The molecule has 1 saturated heterocycles. The Balaban J connectivity index is 1.70. The highest BCUT2D eigenvalue weighted by Crippen LogP contribution is 2.23. The van der Waals surface area contributed by atoms with Gasteiger partial charge in [-0.1, -0.05) is 0 Å². The topological polar surface area (TPSA) is 99.4 Å². The number of ether oxygens (including phenoxy) is 2. The van der Waals surface area contributed by atoms with Crippen LogP contribution < -0.4 is 5.32 Å². The molecule has 1 aliphatic heterocycles. The van der Waals surface area contributed by atoms with E-state index in [9.17, 15) is 10.1 Å². The largest absolute Gasteiger partial charge is 0.370 e. The first-order valence-electron chi connectivity index (χ1n) is 8.07. The van der Waals surface area contributed by atoms with Crippen molar-refractivity contribution in [3.8, 4) is 11.4 Å². The molecule has 2 heterocycles. The molecule has 1 aliphatic rings. The second kappa shape index (κ2) is 7.12. The lowest BCUT2D eigenvalue weighted by atomic mass is 10.2. The van der Waals surface area contributed by atoms with Crippen LogP contribution >= 0.6 is 0 Å². The van der Waals surface area contributed by atoms with Gasteiger partial charge in [0, 0.05) is 42.4 Å². The Hall–Kier alpha value is -2.58. The van der Waals surface area contributed by atoms with Crippen LogP contribution in [-0.4, -0.2) is 40.4 Å². The summed E-state index contributed by atoms with van der Waals surface area (Å²) in [7, 11) is 0. The first-order chi connectivity index (χ1) is 12.0. The van der Waals surface area contributed by atoms with Crippen molar-refractivity contribution >= 4 is 11.5 Å². The van der Waals surface area contributed by atoms with Gasteiger partial charge < -0.3 is 14.8 Å². The van der Waals surface area contributed by atoms with Crippen molar-refractivity contribution in [1.29, 1.82) is 0 Å². The molecule has 0 aliphatic carbocycles. The lowest BCUT2D eigenvalue weighted by Gasteiger charge is -2.22. The summed E-state index contributed by atoms with van der Waals surface area (Å²) in [6.45, 7) is 5.69. The highest BCUT2D eigenvalue weighted by molar-refractivity contribution is 5.59. The number of nitro groups is 1. The molecule has 25 heavy (non-hydrogen) atoms. The molecule has 1 fully saturated rings. The molecule has 0 saturated carbocycles. The van der Waals surface area contributed by atoms with Gasteiger partial charge in [0.15, 0.2) is 11.6 Å². The van der Waals surface area contributed by atoms with Crippen LogP contribution in [0.4, 0.5) is 11.5 Å². The lowest BCUT2D eigenvalue weighted by Crippen LogP contribution is -2.28. The Labute approximate surface area is 145 Å². The molecular weight excluding hydrogens is 324 g/mol. The van der Waals surface area contributed by atoms with Gasteiger partial charge in [0.25, 0.3) is 5.69 Å². The predicted octanol–water partition coefficient (Wildman–Crippen LogP) is 2.93. The summed E-state index contributed by atoms with van der Waals surface area (Å²) in [6.07, 6.45) is 0.697. The van der Waals surface area contributed by atoms with E-state index >= 15 is 0 Å². The number of nitrogens with zero attached hydrogens (tertiary/aromatic N) is 3. The van der Waals surface area contributed by atoms with Crippen LogP contribution in [0, 0.1) is 17.0 Å². The van der Waals surface area contributed by atoms with Gasteiger partial charge in [-0.25, -0.2) is 9.97 Å². The van der Waals surface area contributed by atoms with Crippen LogP contribution in [0.1, 0.15) is 19.0 Å². The molecule has 8 nitrogen and oxygen atoms in total. The summed E-state index contributed by atoms with van der Waals surface area (Å²) in [5, 5.41) is 14.0. The maximum Gasteiger partial charge on any atom is 0.269 e. The van der Waals surface area contributed by atoms with E-state index in [0.29, 0.717) is 37.8 Å². The quantitative estimate of drug-likeness (QED) is 0.635. The van der Waals surface area contributed by atoms with E-state index in [1.165, 1.54) is 12.1 Å². The van der Waals surface area contributed by atoms with Crippen molar-refractivity contribution in [1.82, 2.24) is 9.97 Å². The van der Waals surface area contributed by atoms with Crippen LogP contribution in [0.3, 0.4) is 0 Å². The summed E-state index contributed by atoms with van der Waals surface area (Å²) in [5.74, 6) is 0.676. The fourth-order valence-electron chi connectivity index (χ4n) is 2.64. The summed E-state index contributed by atoms with van der Waals surface area (Å²) in [5.41, 5.74) is 1.58. The lowest BCUT2D eigenvalue weighted by molar-refractivity contribution is -0.384. The zero-order valence-corrected chi connectivity index (χ0v) is 14.2. The number of hydrogen-bond acceptors (Lipinski definition) is 7. The number of aromatic nitrogens is 2. The van der Waals surface area contributed by atoms with E-state index in [0.717, 1.165) is 11.3 Å². The van der Waals surface area contributed by atoms with Crippen LogP contribution in [-0.2, 0) is 9.47 Å². The van der Waals surface area contributed by atoms with Crippen molar-refractivity contribution in [2.75, 3.05) is 25.1 Å². The third kappa shape index (κ3) is 4.28. The van der Waals surface area contributed by atoms with Crippen LogP contribution in [0.5, 0.6) is 0 Å². The van der Waals surface area contributed by atoms with Crippen LogP contribution in [0.15, 0.2) is 30.3 Å². The van der Waals surface area contributed by atoms with Gasteiger partial charge in [-0.05, 0) is 26.0 Å². The Morgan fingerprint density at radius 1 is 1.24 bits per heavy atom. The second-order valence-electron chi connectivity index (χ2n) is 6.03. The minimum atomic E-state index is -0.545. The maximum atomic E-state index is 10.8. The van der Waals surface area contributed by atoms with Gasteiger partial charge in [-0.15, -0.1) is 0 Å². The molecule has 0 amide bonds. The number of aryl methyl sites for hydroxylation is 1. The van der Waals surface area contributed by atoms with E-state index in [-0.39, 0.29) is 5.69 Å². The van der Waals surface area contributed by atoms with Crippen molar-refractivity contribution in [2.24, 2.45) is 0 Å². The molecule has 8 heteroatoms. The Kier molecular flexibility index (Phi) is 4.91. The first kappa shape index (κ1) is 17.2. The van der Waals surface area contributed by atoms with Crippen LogP contribution in [0.2, 0.25) is 0 Å². The Morgan fingerprint density at radius 3 is 2.56 bits per heavy atom. The highest BCUT2D eigenvalue weighted by Gasteiger charge is 2.30. The van der Waals surface area contributed by atoms with E-state index in [2.05, 4.69) is 15.3 Å². The molecule has 1 aromatic carbocycles. The monoisotopic (exact) mass is 344 g/mol. The number of benzene rings is 1. The fraction of sp³-hybridized carbons (Fsp3) is 0.412. The number of anilines is 1. The average molecular weight is 344 g/mol. The highest BCUT2D eigenvalue weighted by atomic mass is 16.7. The van der Waals surface area contributed by atoms with Crippen molar-refractivity contribution in [3.05, 3.63) is 46.1 Å². The van der Waals surface area contributed by atoms with E-state index < -0.39 is 10.7 Å². The first-order valence-corrected chi connectivity index (χ1v) is 8.07. The zero-order chi connectivity index (χ0) is 17.9. The number of hydrogen-bond donors (Lipinski definition) is 1. The minimum Gasteiger partial charge on any atom is -0.370 e. The summed E-state index contributed by atoms with van der Waals surface area (Å²) in [6, 6.07) is 8.05. The summed E-state index contributed by atoms with van der Waals surface area (Å²) >= 11 is 0. The number of rotatable bonds is 6. The van der Waals surface area contributed by atoms with Gasteiger partial charge >= 0.3 is 0 Å². The summed E-state index contributed by atoms with van der Waals surface area (Å²) in [4.78, 5) is 19.2. The second-order valence-corrected chi connectivity index (χ2v) is 6.03. The standard InChI is InChI=1S/C17H20N4O4/c1-12-11-15(18-8-7-17(2)24-9-10-25-17)20-16(19-12)13-3-5-14(6-4-13)21(22)23/h3-6,11H,7-10H2,1-2H3,(H,18,19,20). The average Bonchev–Trinajstić information content (AvgIpc) is 3.01. The van der Waals surface area contributed by atoms with E-state index in [1.807, 2.05) is 19.9 Å². The third-order valence-electron chi connectivity index (χ3n) is 3.97. The smallest absolute Gasteiger partial charge is 0.269 e. The molecular formula is C17H20N4O4. The molecule has 2 aromatic rings. The van der Waals surface area contributed by atoms with Gasteiger partial charge in [-0.3, -0.25) is 10.1 Å². The van der Waals surface area contributed by atoms with Crippen molar-refractivity contribution in [3.63, 3.8) is 0 Å². The van der Waals surface area contributed by atoms with E-state index in [1.54, 1.807) is 12.1 Å². The molecule has 1 N–H and O–H groups in total. The van der Waals surface area contributed by atoms with E-state index in [4.69, 9.17) is 9.47 Å². The number of nitrogens with one attached hydrogen (secondary N) is 1. The molecule has 3 rings (SSSR count). The van der Waals surface area contributed by atoms with Gasteiger partial charge in [0.05, 0.1) is 18.1 Å². The number of nitro benzene ring substituents is 1. The van der Waals surface area contributed by atoms with Crippen molar-refractivity contribution < 1.29 is 14.4 Å². The minimum absolute atomic E-state index is 0.0413. The SMILES string of the molecule is Cc1cc(NCCC2(C)OCCO2)nc(-c2ccc([N+](=O)[O-])cc2)n1. The Morgan fingerprint density at radius 2 is 1.92 bits per heavy atom. The zero-order valence-electron chi connectivity index (χ0n) is 14.2. The molecule has 0 spiro atoms. The van der Waals surface area contributed by atoms with Gasteiger partial charge in [0.2, 0.25) is 0 Å². The molecule has 0 atom stereocenters. The molecule has 0 unspecified atom stereocenters. The normalized spacial score (nSPS) is 15.9. The number of non-ortho nitro benzene ring substituents is 1. The van der Waals surface area contributed by atoms with Crippen molar-refractivity contribution in [2.45, 2.75) is 26.1 Å². The maximum absolute atomic E-state index is 10.8. The predicted molar refractivity (Wildman–Crippen MR) is 92.3 cm³/mol. The van der Waals surface area contributed by atoms with Gasteiger partial charge in [-0.2, -0.15) is 0 Å². The molecule has 132 valence electrons. The summed E-state index contributed by atoms with van der Waals surface area (Å²) < 4.78 is 11.2. The third-order valence-corrected chi connectivity index (χ3v) is 3.97.